The van der Waals surface area contributed by atoms with Gasteiger partial charge in [0.1, 0.15) is 5.65 Å². The van der Waals surface area contributed by atoms with Gasteiger partial charge in [0.25, 0.3) is 0 Å². The first-order valence-electron chi connectivity index (χ1n) is 17.2. The van der Waals surface area contributed by atoms with Crippen LogP contribution >= 0.6 is 0 Å². The van der Waals surface area contributed by atoms with Gasteiger partial charge in [-0.25, -0.2) is 4.98 Å². The van der Waals surface area contributed by atoms with Gasteiger partial charge in [0.2, 0.25) is 0 Å². The SMILES string of the molecule is Cc1c(-c2ccc(-c3ccc4c(-c5ccc6ccccc6c5)c5ccccc5c(-c5ccc6ccccc6c5)c4c3)cc2)nc2ccccn12. The predicted octanol–water partition coefficient (Wildman–Crippen LogP) is 12.9. The molecule has 0 saturated carbocycles. The maximum Gasteiger partial charge on any atom is 0.137 e. The molecule has 0 bridgehead atoms. The van der Waals surface area contributed by atoms with Gasteiger partial charge in [-0.05, 0) is 114 Å². The van der Waals surface area contributed by atoms with Gasteiger partial charge in [0, 0.05) is 17.5 Å². The second-order valence-corrected chi connectivity index (χ2v) is 13.2. The molecule has 0 aliphatic rings. The van der Waals surface area contributed by atoms with E-state index in [1.165, 1.54) is 76.5 Å². The third-order valence-electron chi connectivity index (χ3n) is 10.4. The van der Waals surface area contributed by atoms with Gasteiger partial charge in [-0.1, -0.05) is 140 Å². The van der Waals surface area contributed by atoms with Crippen molar-refractivity contribution in [2.24, 2.45) is 0 Å². The number of hydrogen-bond acceptors (Lipinski definition) is 1. The van der Waals surface area contributed by atoms with Crippen molar-refractivity contribution in [2.45, 2.75) is 6.92 Å². The van der Waals surface area contributed by atoms with E-state index < -0.39 is 0 Å². The Morgan fingerprint density at radius 2 is 0.880 bits per heavy atom. The first kappa shape index (κ1) is 28.5. The number of hydrogen-bond donors (Lipinski definition) is 0. The maximum atomic E-state index is 4.94. The van der Waals surface area contributed by atoms with E-state index in [2.05, 4.69) is 181 Å². The molecule has 0 radical (unpaired) electrons. The minimum atomic E-state index is 0.967. The van der Waals surface area contributed by atoms with Crippen molar-refractivity contribution in [2.75, 3.05) is 0 Å². The molecular formula is C48H32N2. The van der Waals surface area contributed by atoms with Crippen LogP contribution in [0.4, 0.5) is 0 Å². The largest absolute Gasteiger partial charge is 0.304 e. The van der Waals surface area contributed by atoms with Crippen LogP contribution in [0.3, 0.4) is 0 Å². The number of imidazole rings is 1. The standard InChI is InChI=1S/C48H32N2/c1-31-48(49-45-16-8-9-27-50(31)45)35-21-17-34(18-22-35)38-25-26-43-44(30-38)47(40-24-20-33-11-3-5-13-37(33)29-40)42-15-7-6-14-41(42)46(43)39-23-19-32-10-2-4-12-36(32)28-39/h2-30H,1H3. The topological polar surface area (TPSA) is 17.3 Å². The molecule has 0 aliphatic heterocycles. The Balaban J connectivity index is 1.21. The van der Waals surface area contributed by atoms with Crippen molar-refractivity contribution in [3.05, 3.63) is 182 Å². The lowest BCUT2D eigenvalue weighted by Crippen LogP contribution is -1.92. The highest BCUT2D eigenvalue weighted by atomic mass is 15.0. The molecule has 2 heteroatoms. The Bertz CT molecular complexity index is 2930. The van der Waals surface area contributed by atoms with Gasteiger partial charge in [-0.2, -0.15) is 0 Å². The van der Waals surface area contributed by atoms with E-state index in [1.807, 2.05) is 6.07 Å². The molecule has 0 N–H and O–H groups in total. The first-order chi connectivity index (χ1) is 24.7. The van der Waals surface area contributed by atoms with Crippen LogP contribution in [0.5, 0.6) is 0 Å². The van der Waals surface area contributed by atoms with Crippen molar-refractivity contribution in [1.82, 2.24) is 9.38 Å². The zero-order valence-electron chi connectivity index (χ0n) is 27.6. The van der Waals surface area contributed by atoms with Crippen LogP contribution in [-0.4, -0.2) is 9.38 Å². The van der Waals surface area contributed by atoms with Gasteiger partial charge < -0.3 is 4.40 Å². The molecule has 10 aromatic rings. The number of benzene rings is 8. The normalized spacial score (nSPS) is 11.7. The fourth-order valence-electron chi connectivity index (χ4n) is 7.88. The van der Waals surface area contributed by atoms with Crippen LogP contribution in [-0.2, 0) is 0 Å². The molecule has 2 aromatic heterocycles. The summed E-state index contributed by atoms with van der Waals surface area (Å²) >= 11 is 0. The summed E-state index contributed by atoms with van der Waals surface area (Å²) in [4.78, 5) is 4.94. The van der Waals surface area contributed by atoms with Crippen molar-refractivity contribution in [3.63, 3.8) is 0 Å². The first-order valence-corrected chi connectivity index (χ1v) is 17.2. The van der Waals surface area contributed by atoms with Crippen LogP contribution in [0.2, 0.25) is 0 Å². The average molecular weight is 637 g/mol. The molecule has 0 saturated heterocycles. The van der Waals surface area contributed by atoms with E-state index in [9.17, 15) is 0 Å². The van der Waals surface area contributed by atoms with E-state index in [0.29, 0.717) is 0 Å². The average Bonchev–Trinajstić information content (AvgIpc) is 3.52. The number of aromatic nitrogens is 2. The third kappa shape index (κ3) is 4.53. The molecule has 2 heterocycles. The maximum absolute atomic E-state index is 4.94. The summed E-state index contributed by atoms with van der Waals surface area (Å²) in [6.45, 7) is 2.14. The molecule has 10 rings (SSSR count). The molecule has 234 valence electrons. The van der Waals surface area contributed by atoms with Gasteiger partial charge >= 0.3 is 0 Å². The zero-order valence-corrected chi connectivity index (χ0v) is 27.6. The summed E-state index contributed by atoms with van der Waals surface area (Å²) in [6, 6.07) is 62.0. The monoisotopic (exact) mass is 636 g/mol. The van der Waals surface area contributed by atoms with Crippen LogP contribution in [0.25, 0.3) is 93.4 Å². The number of fused-ring (bicyclic) bond motifs is 5. The Morgan fingerprint density at radius 1 is 0.380 bits per heavy atom. The van der Waals surface area contributed by atoms with E-state index in [1.54, 1.807) is 0 Å². The summed E-state index contributed by atoms with van der Waals surface area (Å²) in [6.07, 6.45) is 2.08. The van der Waals surface area contributed by atoms with Crippen molar-refractivity contribution >= 4 is 48.7 Å². The highest BCUT2D eigenvalue weighted by Crippen LogP contribution is 2.45. The molecule has 0 amide bonds. The number of rotatable bonds is 4. The number of aryl methyl sites for hydroxylation is 1. The lowest BCUT2D eigenvalue weighted by atomic mass is 9.84. The van der Waals surface area contributed by atoms with Crippen LogP contribution in [0, 0.1) is 6.92 Å². The van der Waals surface area contributed by atoms with Gasteiger partial charge in [0.05, 0.1) is 5.69 Å². The summed E-state index contributed by atoms with van der Waals surface area (Å²) in [5, 5.41) is 10.0. The van der Waals surface area contributed by atoms with E-state index in [0.717, 1.165) is 22.6 Å². The molecular weight excluding hydrogens is 605 g/mol. The van der Waals surface area contributed by atoms with Gasteiger partial charge in [0.15, 0.2) is 0 Å². The molecule has 0 aliphatic carbocycles. The van der Waals surface area contributed by atoms with Crippen molar-refractivity contribution < 1.29 is 0 Å². The Morgan fingerprint density at radius 3 is 1.52 bits per heavy atom. The highest BCUT2D eigenvalue weighted by molar-refractivity contribution is 6.22. The molecule has 0 spiro atoms. The lowest BCUT2D eigenvalue weighted by molar-refractivity contribution is 1.11. The van der Waals surface area contributed by atoms with Crippen LogP contribution in [0.15, 0.2) is 176 Å². The third-order valence-corrected chi connectivity index (χ3v) is 10.4. The summed E-state index contributed by atoms with van der Waals surface area (Å²) < 4.78 is 2.15. The predicted molar refractivity (Wildman–Crippen MR) is 212 cm³/mol. The molecule has 8 aromatic carbocycles. The quantitative estimate of drug-likeness (QED) is 0.176. The summed E-state index contributed by atoms with van der Waals surface area (Å²) in [7, 11) is 0. The Hall–Kier alpha value is -6.51. The second kappa shape index (κ2) is 11.3. The second-order valence-electron chi connectivity index (χ2n) is 13.2. The van der Waals surface area contributed by atoms with Crippen LogP contribution in [0.1, 0.15) is 5.69 Å². The summed E-state index contributed by atoms with van der Waals surface area (Å²) in [5.74, 6) is 0. The molecule has 0 unspecified atom stereocenters. The Labute approximate surface area is 290 Å². The van der Waals surface area contributed by atoms with Crippen LogP contribution < -0.4 is 0 Å². The van der Waals surface area contributed by atoms with Crippen molar-refractivity contribution in [1.29, 1.82) is 0 Å². The van der Waals surface area contributed by atoms with E-state index in [4.69, 9.17) is 4.98 Å². The lowest BCUT2D eigenvalue weighted by Gasteiger charge is -2.19. The molecule has 50 heavy (non-hydrogen) atoms. The minimum Gasteiger partial charge on any atom is -0.304 e. The highest BCUT2D eigenvalue weighted by Gasteiger charge is 2.18. The van der Waals surface area contributed by atoms with Crippen molar-refractivity contribution in [3.8, 4) is 44.6 Å². The zero-order chi connectivity index (χ0) is 33.2. The van der Waals surface area contributed by atoms with Gasteiger partial charge in [-0.15, -0.1) is 0 Å². The molecule has 0 atom stereocenters. The summed E-state index contributed by atoms with van der Waals surface area (Å²) in [5.41, 5.74) is 11.6. The molecule has 2 nitrogen and oxygen atoms in total. The molecule has 0 fully saturated rings. The Kier molecular flexibility index (Phi) is 6.43. The van der Waals surface area contributed by atoms with E-state index in [-0.39, 0.29) is 0 Å². The fraction of sp³-hybridized carbons (Fsp3) is 0.0208. The number of nitrogens with zero attached hydrogens (tertiary/aromatic N) is 2. The smallest absolute Gasteiger partial charge is 0.137 e. The fourth-order valence-corrected chi connectivity index (χ4v) is 7.88. The van der Waals surface area contributed by atoms with Gasteiger partial charge in [-0.3, -0.25) is 0 Å². The number of pyridine rings is 1. The van der Waals surface area contributed by atoms with E-state index >= 15 is 0 Å². The minimum absolute atomic E-state index is 0.967.